The molecule has 94 valence electrons. The Morgan fingerprint density at radius 1 is 1.29 bits per heavy atom. The number of ether oxygens (including phenoxy) is 2. The van der Waals surface area contributed by atoms with Crippen LogP contribution >= 0.6 is 11.6 Å². The minimum Gasteiger partial charge on any atom is -0.490 e. The maximum Gasteiger partial charge on any atom is 0.162 e. The van der Waals surface area contributed by atoms with Gasteiger partial charge in [-0.2, -0.15) is 5.10 Å². The largest absolute Gasteiger partial charge is 0.490 e. The molecule has 0 aliphatic rings. The van der Waals surface area contributed by atoms with Crippen molar-refractivity contribution in [2.75, 3.05) is 13.2 Å². The second-order valence-electron chi connectivity index (χ2n) is 3.38. The molecule has 0 saturated heterocycles. The van der Waals surface area contributed by atoms with Crippen molar-refractivity contribution in [2.24, 2.45) is 10.9 Å². The predicted molar refractivity (Wildman–Crippen MR) is 70.2 cm³/mol. The van der Waals surface area contributed by atoms with Gasteiger partial charge in [-0.25, -0.2) is 0 Å². The van der Waals surface area contributed by atoms with Crippen LogP contribution in [0.25, 0.3) is 0 Å². The van der Waals surface area contributed by atoms with Crippen LogP contribution in [0.2, 0.25) is 5.02 Å². The van der Waals surface area contributed by atoms with E-state index in [9.17, 15) is 0 Å². The van der Waals surface area contributed by atoms with Crippen molar-refractivity contribution in [1.29, 1.82) is 0 Å². The minimum absolute atomic E-state index is 0.536. The molecular weight excluding hydrogens is 240 g/mol. The zero-order valence-corrected chi connectivity index (χ0v) is 10.8. The van der Waals surface area contributed by atoms with Gasteiger partial charge in [-0.3, -0.25) is 0 Å². The van der Waals surface area contributed by atoms with Gasteiger partial charge in [-0.05, 0) is 19.4 Å². The van der Waals surface area contributed by atoms with Crippen molar-refractivity contribution in [3.63, 3.8) is 0 Å². The molecular formula is C12H17ClN2O2. The molecule has 1 rings (SSSR count). The average Bonchev–Trinajstić information content (AvgIpc) is 2.32. The summed E-state index contributed by atoms with van der Waals surface area (Å²) in [6.45, 7) is 5.14. The van der Waals surface area contributed by atoms with Gasteiger partial charge in [0, 0.05) is 11.6 Å². The van der Waals surface area contributed by atoms with E-state index in [2.05, 4.69) is 5.10 Å². The maximum atomic E-state index is 6.08. The van der Waals surface area contributed by atoms with Gasteiger partial charge in [0.05, 0.1) is 24.5 Å². The van der Waals surface area contributed by atoms with Gasteiger partial charge in [0.2, 0.25) is 0 Å². The molecule has 0 spiro atoms. The zero-order valence-electron chi connectivity index (χ0n) is 10.1. The van der Waals surface area contributed by atoms with E-state index in [4.69, 9.17) is 26.9 Å². The quantitative estimate of drug-likeness (QED) is 0.484. The lowest BCUT2D eigenvalue weighted by Crippen LogP contribution is -2.01. The first-order valence-electron chi connectivity index (χ1n) is 5.55. The normalized spacial score (nSPS) is 10.8. The second-order valence-corrected chi connectivity index (χ2v) is 3.79. The molecule has 0 bridgehead atoms. The Balaban J connectivity index is 3.06. The summed E-state index contributed by atoms with van der Waals surface area (Å²) < 4.78 is 11.1. The number of nitrogens with zero attached hydrogens (tertiary/aromatic N) is 1. The first-order valence-corrected chi connectivity index (χ1v) is 5.93. The molecule has 5 heteroatoms. The van der Waals surface area contributed by atoms with Gasteiger partial charge in [0.25, 0.3) is 0 Å². The molecule has 1 aromatic rings. The van der Waals surface area contributed by atoms with Crippen LogP contribution in [0.15, 0.2) is 17.2 Å². The highest BCUT2D eigenvalue weighted by atomic mass is 35.5. The van der Waals surface area contributed by atoms with Gasteiger partial charge >= 0.3 is 0 Å². The van der Waals surface area contributed by atoms with Crippen LogP contribution in [0.5, 0.6) is 11.5 Å². The fraction of sp³-hybridized carbons (Fsp3) is 0.417. The molecule has 0 aromatic heterocycles. The van der Waals surface area contributed by atoms with Crippen LogP contribution in [-0.4, -0.2) is 19.4 Å². The molecule has 2 N–H and O–H groups in total. The fourth-order valence-electron chi connectivity index (χ4n) is 1.32. The monoisotopic (exact) mass is 256 g/mol. The molecule has 0 saturated carbocycles. The van der Waals surface area contributed by atoms with E-state index in [1.54, 1.807) is 12.1 Å². The lowest BCUT2D eigenvalue weighted by molar-refractivity contribution is 0.277. The minimum atomic E-state index is 0.536. The van der Waals surface area contributed by atoms with E-state index in [1.807, 2.05) is 13.8 Å². The highest BCUT2D eigenvalue weighted by molar-refractivity contribution is 6.33. The molecule has 1 aromatic carbocycles. The first-order chi connectivity index (χ1) is 8.22. The molecule has 4 nitrogen and oxygen atoms in total. The maximum absolute atomic E-state index is 6.08. The Bertz CT molecular complexity index is 394. The van der Waals surface area contributed by atoms with Crippen LogP contribution in [0.3, 0.4) is 0 Å². The summed E-state index contributed by atoms with van der Waals surface area (Å²) in [6, 6.07) is 3.49. The summed E-state index contributed by atoms with van der Waals surface area (Å²) in [6.07, 6.45) is 2.41. The van der Waals surface area contributed by atoms with Crippen LogP contribution in [0.1, 0.15) is 25.8 Å². The van der Waals surface area contributed by atoms with E-state index in [1.165, 1.54) is 6.21 Å². The molecule has 0 radical (unpaired) electrons. The zero-order chi connectivity index (χ0) is 12.7. The topological polar surface area (TPSA) is 56.8 Å². The van der Waals surface area contributed by atoms with Crippen molar-refractivity contribution in [1.82, 2.24) is 0 Å². The molecule has 0 fully saturated rings. The van der Waals surface area contributed by atoms with Crippen LogP contribution < -0.4 is 15.3 Å². The molecule has 0 amide bonds. The predicted octanol–water partition coefficient (Wildman–Crippen LogP) is 2.82. The molecule has 17 heavy (non-hydrogen) atoms. The Hall–Kier alpha value is -1.42. The van der Waals surface area contributed by atoms with Gasteiger partial charge < -0.3 is 15.3 Å². The standard InChI is InChI=1S/C12H17ClN2O2/c1-3-5-17-12-7-10(13)9(8-15-14)6-11(12)16-4-2/h6-8H,3-5,14H2,1-2H3. The third kappa shape index (κ3) is 3.82. The highest BCUT2D eigenvalue weighted by Gasteiger charge is 2.09. The summed E-state index contributed by atoms with van der Waals surface area (Å²) >= 11 is 6.08. The Kier molecular flexibility index (Phi) is 5.63. The SMILES string of the molecule is CCCOc1cc(Cl)c(C=NN)cc1OCC. The number of rotatable bonds is 6. The first kappa shape index (κ1) is 13.6. The third-order valence-electron chi connectivity index (χ3n) is 2.04. The highest BCUT2D eigenvalue weighted by Crippen LogP contribution is 2.33. The third-order valence-corrected chi connectivity index (χ3v) is 2.37. The van der Waals surface area contributed by atoms with Crippen molar-refractivity contribution >= 4 is 17.8 Å². The van der Waals surface area contributed by atoms with Gasteiger partial charge in [-0.15, -0.1) is 0 Å². The summed E-state index contributed by atoms with van der Waals surface area (Å²) in [5.41, 5.74) is 0.710. The molecule has 0 aliphatic heterocycles. The molecule has 0 atom stereocenters. The van der Waals surface area contributed by atoms with Crippen molar-refractivity contribution < 1.29 is 9.47 Å². The molecule has 0 heterocycles. The molecule has 0 unspecified atom stereocenters. The van der Waals surface area contributed by atoms with E-state index in [0.29, 0.717) is 35.3 Å². The van der Waals surface area contributed by atoms with E-state index >= 15 is 0 Å². The molecule has 0 aliphatic carbocycles. The van der Waals surface area contributed by atoms with Gasteiger partial charge in [0.1, 0.15) is 0 Å². The number of halogens is 1. The lowest BCUT2D eigenvalue weighted by Gasteiger charge is -2.13. The summed E-state index contributed by atoms with van der Waals surface area (Å²) in [4.78, 5) is 0. The van der Waals surface area contributed by atoms with E-state index in [0.717, 1.165) is 6.42 Å². The van der Waals surface area contributed by atoms with E-state index in [-0.39, 0.29) is 0 Å². The summed E-state index contributed by atoms with van der Waals surface area (Å²) in [5.74, 6) is 6.41. The van der Waals surface area contributed by atoms with Crippen LogP contribution in [0, 0.1) is 0 Å². The van der Waals surface area contributed by atoms with Crippen molar-refractivity contribution in [3.05, 3.63) is 22.7 Å². The van der Waals surface area contributed by atoms with Crippen molar-refractivity contribution in [3.8, 4) is 11.5 Å². The number of benzene rings is 1. The van der Waals surface area contributed by atoms with Crippen LogP contribution in [-0.2, 0) is 0 Å². The Morgan fingerprint density at radius 3 is 2.59 bits per heavy atom. The van der Waals surface area contributed by atoms with Gasteiger partial charge in [0.15, 0.2) is 11.5 Å². The summed E-state index contributed by atoms with van der Waals surface area (Å²) in [7, 11) is 0. The summed E-state index contributed by atoms with van der Waals surface area (Å²) in [5, 5.41) is 3.99. The van der Waals surface area contributed by atoms with Crippen LogP contribution in [0.4, 0.5) is 0 Å². The Morgan fingerprint density at radius 2 is 2.00 bits per heavy atom. The lowest BCUT2D eigenvalue weighted by atomic mass is 10.2. The number of hydrogen-bond donors (Lipinski definition) is 1. The smallest absolute Gasteiger partial charge is 0.162 e. The number of hydrogen-bond acceptors (Lipinski definition) is 4. The van der Waals surface area contributed by atoms with Crippen molar-refractivity contribution in [2.45, 2.75) is 20.3 Å². The average molecular weight is 257 g/mol. The number of nitrogens with two attached hydrogens (primary N) is 1. The van der Waals surface area contributed by atoms with Gasteiger partial charge in [-0.1, -0.05) is 18.5 Å². The Labute approximate surface area is 106 Å². The number of hydrazone groups is 1. The fourth-order valence-corrected chi connectivity index (χ4v) is 1.53. The van der Waals surface area contributed by atoms with E-state index < -0.39 is 0 Å². The second kappa shape index (κ2) is 7.01.